The van der Waals surface area contributed by atoms with Crippen molar-refractivity contribution in [1.82, 2.24) is 24.8 Å². The summed E-state index contributed by atoms with van der Waals surface area (Å²) in [6.07, 6.45) is 0.737. The molecule has 1 saturated heterocycles. The molecule has 0 atom stereocenters. The Morgan fingerprint density at radius 1 is 1.08 bits per heavy atom. The maximum Gasteiger partial charge on any atom is 0.416 e. The van der Waals surface area contributed by atoms with Gasteiger partial charge in [-0.1, -0.05) is 12.5 Å². The van der Waals surface area contributed by atoms with Crippen molar-refractivity contribution < 1.29 is 36.9 Å². The number of hydrogen-bond acceptors (Lipinski definition) is 9. The number of fused-ring (bicyclic) bond motifs is 1. The van der Waals surface area contributed by atoms with E-state index in [1.54, 1.807) is 38.4 Å². The number of likely N-dealkylation sites (tertiary alicyclic amines) is 1. The Morgan fingerprint density at radius 3 is 2.45 bits per heavy atom. The molecular formula is C35H40F4N6O4. The number of pyridine rings is 2. The largest absolute Gasteiger partial charge is 0.465 e. The van der Waals surface area contributed by atoms with Gasteiger partial charge in [0.15, 0.2) is 11.5 Å². The third-order valence-electron chi connectivity index (χ3n) is 9.69. The second kappa shape index (κ2) is 13.6. The summed E-state index contributed by atoms with van der Waals surface area (Å²) in [5.74, 6) is -0.934. The van der Waals surface area contributed by atoms with Gasteiger partial charge in [0.25, 0.3) is 0 Å². The quantitative estimate of drug-likeness (QED) is 0.146. The van der Waals surface area contributed by atoms with Gasteiger partial charge in [0.1, 0.15) is 17.0 Å². The van der Waals surface area contributed by atoms with Crippen LogP contribution in [-0.2, 0) is 26.0 Å². The van der Waals surface area contributed by atoms with Crippen LogP contribution in [0.15, 0.2) is 42.6 Å². The number of aromatic nitrogens is 4. The monoisotopic (exact) mass is 684 g/mol. The maximum absolute atomic E-state index is 14.5. The van der Waals surface area contributed by atoms with Gasteiger partial charge in [-0.15, -0.1) is 0 Å². The molecule has 1 aliphatic carbocycles. The van der Waals surface area contributed by atoms with Crippen LogP contribution in [0.4, 0.5) is 23.2 Å². The molecule has 262 valence electrons. The zero-order valence-electron chi connectivity index (χ0n) is 27.7. The molecule has 10 nitrogen and oxygen atoms in total. The van der Waals surface area contributed by atoms with E-state index in [4.69, 9.17) is 9.47 Å². The number of carbonyl (C=O) groups is 1. The lowest BCUT2D eigenvalue weighted by Crippen LogP contribution is -2.44. The van der Waals surface area contributed by atoms with Crippen LogP contribution in [-0.4, -0.2) is 89.5 Å². The van der Waals surface area contributed by atoms with E-state index >= 15 is 0 Å². The van der Waals surface area contributed by atoms with Gasteiger partial charge in [0, 0.05) is 56.5 Å². The molecule has 4 heterocycles. The molecule has 1 aliphatic heterocycles. The Bertz CT molecular complexity index is 1800. The van der Waals surface area contributed by atoms with Gasteiger partial charge < -0.3 is 24.5 Å². The molecule has 0 amide bonds. The molecule has 1 aromatic carbocycles. The van der Waals surface area contributed by atoms with Gasteiger partial charge in [0.05, 0.1) is 42.3 Å². The summed E-state index contributed by atoms with van der Waals surface area (Å²) < 4.78 is 65.9. The van der Waals surface area contributed by atoms with Crippen molar-refractivity contribution in [3.05, 3.63) is 59.5 Å². The van der Waals surface area contributed by atoms with Crippen LogP contribution in [0, 0.1) is 11.2 Å². The van der Waals surface area contributed by atoms with E-state index in [-0.39, 0.29) is 34.8 Å². The number of benzene rings is 1. The van der Waals surface area contributed by atoms with Crippen molar-refractivity contribution in [3.63, 3.8) is 0 Å². The Kier molecular flexibility index (Phi) is 9.66. The fraction of sp³-hybridized carbons (Fsp3) is 0.486. The highest BCUT2D eigenvalue weighted by molar-refractivity contribution is 5.91. The minimum absolute atomic E-state index is 0.0206. The summed E-state index contributed by atoms with van der Waals surface area (Å²) in [7, 11) is 3.56. The molecule has 2 fully saturated rings. The molecule has 0 bridgehead atoms. The summed E-state index contributed by atoms with van der Waals surface area (Å²) in [5.41, 5.74) is 0.372. The van der Waals surface area contributed by atoms with Crippen molar-refractivity contribution in [1.29, 1.82) is 0 Å². The minimum atomic E-state index is -4.73. The predicted octanol–water partition coefficient (Wildman–Crippen LogP) is 5.94. The molecule has 4 aromatic rings. The lowest BCUT2D eigenvalue weighted by Gasteiger charge is -2.44. The number of rotatable bonds is 11. The summed E-state index contributed by atoms with van der Waals surface area (Å²) >= 11 is 0. The highest BCUT2D eigenvalue weighted by atomic mass is 19.4. The molecule has 49 heavy (non-hydrogen) atoms. The van der Waals surface area contributed by atoms with Crippen LogP contribution >= 0.6 is 0 Å². The normalized spacial score (nSPS) is 17.6. The standard InChI is InChI=1S/C35H40F4N6O4/c1-4-49-29(46)19-45-12-10-34(47,11-13-45)23-6-7-26(40-18-23)31-42-30-28(44(2)20-33(21-48-3)8-5-9-33)17-27(41-32(30)43-31)22-14-24(35(37,38)39)16-25(36)15-22/h6-7,14-18,47H,4-5,8-13,19-21H2,1-3H3,(H,41,42,43). The first-order valence-corrected chi connectivity index (χ1v) is 16.4. The van der Waals surface area contributed by atoms with Crippen LogP contribution in [0.5, 0.6) is 0 Å². The molecular weight excluding hydrogens is 644 g/mol. The number of carbonyl (C=O) groups excluding carboxylic acids is 1. The smallest absolute Gasteiger partial charge is 0.416 e. The van der Waals surface area contributed by atoms with E-state index in [1.807, 2.05) is 16.8 Å². The van der Waals surface area contributed by atoms with E-state index < -0.39 is 23.2 Å². The molecule has 3 aromatic heterocycles. The number of H-pyrrole nitrogens is 1. The molecule has 0 spiro atoms. The van der Waals surface area contributed by atoms with Crippen LogP contribution < -0.4 is 4.90 Å². The summed E-state index contributed by atoms with van der Waals surface area (Å²) in [5, 5.41) is 11.4. The number of ether oxygens (including phenoxy) is 2. The third-order valence-corrected chi connectivity index (χ3v) is 9.69. The first kappa shape index (κ1) is 34.7. The number of aliphatic hydroxyl groups is 1. The average Bonchev–Trinajstić information content (AvgIpc) is 3.48. The third kappa shape index (κ3) is 7.41. The number of halogens is 4. The average molecular weight is 685 g/mol. The zero-order chi connectivity index (χ0) is 35.0. The zero-order valence-corrected chi connectivity index (χ0v) is 27.7. The number of methoxy groups -OCH3 is 1. The van der Waals surface area contributed by atoms with E-state index in [0.717, 1.165) is 31.4 Å². The summed E-state index contributed by atoms with van der Waals surface area (Å²) in [4.78, 5) is 33.0. The fourth-order valence-electron chi connectivity index (χ4n) is 6.93. The topological polar surface area (TPSA) is 117 Å². The lowest BCUT2D eigenvalue weighted by molar-refractivity contribution is -0.145. The fourth-order valence-corrected chi connectivity index (χ4v) is 6.93. The Morgan fingerprint density at radius 2 is 1.84 bits per heavy atom. The number of nitrogens with one attached hydrogen (secondary N) is 1. The van der Waals surface area contributed by atoms with Crippen LogP contribution in [0.1, 0.15) is 50.2 Å². The molecule has 0 radical (unpaired) electrons. The molecule has 2 N–H and O–H groups in total. The van der Waals surface area contributed by atoms with Crippen molar-refractivity contribution in [2.45, 2.75) is 50.8 Å². The van der Waals surface area contributed by atoms with Gasteiger partial charge in [-0.05, 0) is 62.9 Å². The highest BCUT2D eigenvalue weighted by Gasteiger charge is 2.39. The maximum atomic E-state index is 14.5. The molecule has 2 aliphatic rings. The summed E-state index contributed by atoms with van der Waals surface area (Å²) in [6.45, 7) is 4.48. The Hall–Kier alpha value is -4.14. The number of esters is 1. The number of imidazole rings is 1. The van der Waals surface area contributed by atoms with Crippen molar-refractivity contribution in [2.75, 3.05) is 58.5 Å². The number of piperidine rings is 1. The van der Waals surface area contributed by atoms with Crippen LogP contribution in [0.2, 0.25) is 0 Å². The van der Waals surface area contributed by atoms with E-state index in [1.165, 1.54) is 0 Å². The van der Waals surface area contributed by atoms with Crippen molar-refractivity contribution in [2.24, 2.45) is 5.41 Å². The van der Waals surface area contributed by atoms with E-state index in [0.29, 0.717) is 80.0 Å². The van der Waals surface area contributed by atoms with Crippen molar-refractivity contribution >= 4 is 22.8 Å². The second-order valence-corrected chi connectivity index (χ2v) is 13.2. The van der Waals surface area contributed by atoms with E-state index in [2.05, 4.69) is 19.9 Å². The minimum Gasteiger partial charge on any atom is -0.465 e. The number of hydrogen-bond donors (Lipinski definition) is 2. The number of nitrogens with zero attached hydrogens (tertiary/aromatic N) is 5. The van der Waals surface area contributed by atoms with E-state index in [9.17, 15) is 27.5 Å². The predicted molar refractivity (Wildman–Crippen MR) is 175 cm³/mol. The highest BCUT2D eigenvalue weighted by Crippen LogP contribution is 2.43. The SMILES string of the molecule is CCOC(=O)CN1CCC(O)(c2ccc(-c3nc4nc(-c5cc(F)cc(C(F)(F)F)c5)cc(N(C)CC5(COC)CCC5)c4[nH]3)nc2)CC1. The lowest BCUT2D eigenvalue weighted by atomic mass is 9.69. The number of alkyl halides is 3. The molecule has 1 saturated carbocycles. The molecule has 14 heteroatoms. The first-order chi connectivity index (χ1) is 23.3. The van der Waals surface area contributed by atoms with Crippen molar-refractivity contribution in [3.8, 4) is 22.8 Å². The van der Waals surface area contributed by atoms with Gasteiger partial charge in [-0.2, -0.15) is 13.2 Å². The van der Waals surface area contributed by atoms with Crippen LogP contribution in [0.3, 0.4) is 0 Å². The number of anilines is 1. The van der Waals surface area contributed by atoms with Gasteiger partial charge in [-0.3, -0.25) is 14.7 Å². The molecule has 6 rings (SSSR count). The Balaban J connectivity index is 1.32. The van der Waals surface area contributed by atoms with Gasteiger partial charge in [0.2, 0.25) is 0 Å². The Labute approximate surface area is 281 Å². The first-order valence-electron chi connectivity index (χ1n) is 16.4. The number of aromatic amines is 1. The van der Waals surface area contributed by atoms with Gasteiger partial charge in [-0.25, -0.2) is 14.4 Å². The second-order valence-electron chi connectivity index (χ2n) is 13.2. The van der Waals surface area contributed by atoms with Crippen LogP contribution in [0.25, 0.3) is 33.9 Å². The molecule has 0 unspecified atom stereocenters. The summed E-state index contributed by atoms with van der Waals surface area (Å²) in [6, 6.07) is 7.57. The van der Waals surface area contributed by atoms with Gasteiger partial charge >= 0.3 is 12.1 Å².